The molecule has 26 heavy (non-hydrogen) atoms. The lowest BCUT2D eigenvalue weighted by atomic mass is 10.2. The van der Waals surface area contributed by atoms with Crippen LogP contribution in [0.15, 0.2) is 42.5 Å². The molecule has 0 saturated carbocycles. The molecular formula is C19H19Cl2N3O2. The number of rotatable bonds is 5. The van der Waals surface area contributed by atoms with E-state index in [1.165, 1.54) is 0 Å². The van der Waals surface area contributed by atoms with Gasteiger partial charge in [-0.1, -0.05) is 23.2 Å². The van der Waals surface area contributed by atoms with Crippen molar-refractivity contribution in [2.75, 3.05) is 30.3 Å². The molecule has 1 aliphatic rings. The van der Waals surface area contributed by atoms with Gasteiger partial charge in [0.25, 0.3) is 5.91 Å². The third kappa shape index (κ3) is 4.68. The minimum atomic E-state index is -0.199. The highest BCUT2D eigenvalue weighted by Crippen LogP contribution is 2.24. The molecule has 2 aromatic carbocycles. The summed E-state index contributed by atoms with van der Waals surface area (Å²) in [6.07, 6.45) is 2.12. The van der Waals surface area contributed by atoms with Gasteiger partial charge in [-0.15, -0.1) is 0 Å². The predicted octanol–water partition coefficient (Wildman–Crippen LogP) is 4.28. The Kier molecular flexibility index (Phi) is 6.01. The van der Waals surface area contributed by atoms with Crippen molar-refractivity contribution in [2.24, 2.45) is 0 Å². The number of halogens is 2. The number of benzene rings is 2. The third-order valence-corrected chi connectivity index (χ3v) is 4.92. The molecule has 2 amide bonds. The minimum Gasteiger partial charge on any atom is -0.376 e. The summed E-state index contributed by atoms with van der Waals surface area (Å²) in [7, 11) is 0. The van der Waals surface area contributed by atoms with Crippen LogP contribution in [-0.2, 0) is 4.79 Å². The van der Waals surface area contributed by atoms with Gasteiger partial charge in [0.15, 0.2) is 0 Å². The van der Waals surface area contributed by atoms with Crippen LogP contribution in [0.3, 0.4) is 0 Å². The number of nitrogens with zero attached hydrogens (tertiary/aromatic N) is 1. The number of amides is 2. The Balaban J connectivity index is 1.52. The number of nitrogens with one attached hydrogen (secondary N) is 2. The summed E-state index contributed by atoms with van der Waals surface area (Å²) in [4.78, 5) is 26.2. The van der Waals surface area contributed by atoms with Gasteiger partial charge in [-0.05, 0) is 55.3 Å². The lowest BCUT2D eigenvalue weighted by Gasteiger charge is -2.15. The van der Waals surface area contributed by atoms with Crippen molar-refractivity contribution >= 4 is 46.4 Å². The Labute approximate surface area is 162 Å². The molecule has 0 radical (unpaired) electrons. The molecule has 0 aliphatic carbocycles. The maximum absolute atomic E-state index is 12.3. The Bertz CT molecular complexity index is 803. The van der Waals surface area contributed by atoms with Crippen molar-refractivity contribution in [1.29, 1.82) is 0 Å². The van der Waals surface area contributed by atoms with E-state index in [1.54, 1.807) is 42.5 Å². The van der Waals surface area contributed by atoms with Crippen LogP contribution in [-0.4, -0.2) is 36.3 Å². The van der Waals surface area contributed by atoms with E-state index in [0.717, 1.165) is 25.9 Å². The summed E-state index contributed by atoms with van der Waals surface area (Å²) in [6, 6.07) is 12.0. The molecule has 1 heterocycles. The maximum Gasteiger partial charge on any atom is 0.253 e. The van der Waals surface area contributed by atoms with Gasteiger partial charge < -0.3 is 15.5 Å². The van der Waals surface area contributed by atoms with E-state index in [-0.39, 0.29) is 18.4 Å². The number of hydrogen-bond acceptors (Lipinski definition) is 3. The van der Waals surface area contributed by atoms with Crippen molar-refractivity contribution in [1.82, 2.24) is 4.90 Å². The molecule has 0 aromatic heterocycles. The second-order valence-corrected chi connectivity index (χ2v) is 6.92. The SMILES string of the molecule is O=C(CNc1ccc(Cl)c(Cl)c1)Nc1ccc(C(=O)N2CCCC2)cc1. The summed E-state index contributed by atoms with van der Waals surface area (Å²) in [5, 5.41) is 6.66. The van der Waals surface area contributed by atoms with Gasteiger partial charge in [0.2, 0.25) is 5.91 Å². The topological polar surface area (TPSA) is 61.4 Å². The van der Waals surface area contributed by atoms with E-state index < -0.39 is 0 Å². The lowest BCUT2D eigenvalue weighted by molar-refractivity contribution is -0.114. The molecule has 1 aliphatic heterocycles. The zero-order valence-corrected chi connectivity index (χ0v) is 15.6. The van der Waals surface area contributed by atoms with Crippen molar-refractivity contribution in [3.8, 4) is 0 Å². The lowest BCUT2D eigenvalue weighted by Crippen LogP contribution is -2.27. The van der Waals surface area contributed by atoms with Gasteiger partial charge in [-0.25, -0.2) is 0 Å². The molecule has 0 bridgehead atoms. The van der Waals surface area contributed by atoms with E-state index in [9.17, 15) is 9.59 Å². The summed E-state index contributed by atoms with van der Waals surface area (Å²) >= 11 is 11.8. The van der Waals surface area contributed by atoms with Crippen molar-refractivity contribution in [3.05, 3.63) is 58.1 Å². The Morgan fingerprint density at radius 2 is 1.58 bits per heavy atom. The first kappa shape index (κ1) is 18.5. The second kappa shape index (κ2) is 8.43. The highest BCUT2D eigenvalue weighted by atomic mass is 35.5. The minimum absolute atomic E-state index is 0.0432. The van der Waals surface area contributed by atoms with Gasteiger partial charge >= 0.3 is 0 Å². The Morgan fingerprint density at radius 1 is 0.923 bits per heavy atom. The molecule has 0 atom stereocenters. The molecule has 2 N–H and O–H groups in total. The monoisotopic (exact) mass is 391 g/mol. The first-order valence-electron chi connectivity index (χ1n) is 8.41. The predicted molar refractivity (Wildman–Crippen MR) is 105 cm³/mol. The standard InChI is InChI=1S/C19H19Cl2N3O2/c20-16-8-7-15(11-17(16)21)22-12-18(25)23-14-5-3-13(4-6-14)19(26)24-9-1-2-10-24/h3-8,11,22H,1-2,9-10,12H2,(H,23,25). The third-order valence-electron chi connectivity index (χ3n) is 4.18. The van der Waals surface area contributed by atoms with E-state index in [2.05, 4.69) is 10.6 Å². The summed E-state index contributed by atoms with van der Waals surface area (Å²) in [6.45, 7) is 1.72. The Morgan fingerprint density at radius 3 is 2.23 bits per heavy atom. The average molecular weight is 392 g/mol. The van der Waals surface area contributed by atoms with Crippen LogP contribution in [0.5, 0.6) is 0 Å². The molecule has 2 aromatic rings. The van der Waals surface area contributed by atoms with E-state index in [4.69, 9.17) is 23.2 Å². The molecule has 1 saturated heterocycles. The zero-order chi connectivity index (χ0) is 18.5. The van der Waals surface area contributed by atoms with Gasteiger partial charge in [-0.2, -0.15) is 0 Å². The molecule has 0 unspecified atom stereocenters. The van der Waals surface area contributed by atoms with E-state index in [0.29, 0.717) is 27.0 Å². The molecule has 7 heteroatoms. The number of carbonyl (C=O) groups excluding carboxylic acids is 2. The zero-order valence-electron chi connectivity index (χ0n) is 14.1. The number of anilines is 2. The number of carbonyl (C=O) groups is 2. The van der Waals surface area contributed by atoms with Crippen LogP contribution in [0, 0.1) is 0 Å². The van der Waals surface area contributed by atoms with Crippen LogP contribution in [0.25, 0.3) is 0 Å². The van der Waals surface area contributed by atoms with Gasteiger partial charge in [-0.3, -0.25) is 9.59 Å². The van der Waals surface area contributed by atoms with E-state index in [1.807, 2.05) is 4.90 Å². The van der Waals surface area contributed by atoms with Crippen LogP contribution in [0.1, 0.15) is 23.2 Å². The fourth-order valence-electron chi connectivity index (χ4n) is 2.79. The molecule has 5 nitrogen and oxygen atoms in total. The first-order valence-corrected chi connectivity index (χ1v) is 9.16. The van der Waals surface area contributed by atoms with Gasteiger partial charge in [0.1, 0.15) is 0 Å². The van der Waals surface area contributed by atoms with Crippen molar-refractivity contribution in [3.63, 3.8) is 0 Å². The van der Waals surface area contributed by atoms with Gasteiger partial charge in [0.05, 0.1) is 16.6 Å². The number of hydrogen-bond donors (Lipinski definition) is 2. The molecule has 3 rings (SSSR count). The smallest absolute Gasteiger partial charge is 0.253 e. The summed E-state index contributed by atoms with van der Waals surface area (Å²) in [5.74, 6) is -0.156. The molecule has 1 fully saturated rings. The molecular weight excluding hydrogens is 373 g/mol. The average Bonchev–Trinajstić information content (AvgIpc) is 3.17. The van der Waals surface area contributed by atoms with Crippen LogP contribution >= 0.6 is 23.2 Å². The van der Waals surface area contributed by atoms with E-state index >= 15 is 0 Å². The second-order valence-electron chi connectivity index (χ2n) is 6.11. The van der Waals surface area contributed by atoms with Crippen LogP contribution in [0.4, 0.5) is 11.4 Å². The van der Waals surface area contributed by atoms with Crippen molar-refractivity contribution < 1.29 is 9.59 Å². The van der Waals surface area contributed by atoms with Crippen molar-refractivity contribution in [2.45, 2.75) is 12.8 Å². The summed E-state index contributed by atoms with van der Waals surface area (Å²) in [5.41, 5.74) is 1.99. The normalized spacial score (nSPS) is 13.5. The number of likely N-dealkylation sites (tertiary alicyclic amines) is 1. The highest BCUT2D eigenvalue weighted by Gasteiger charge is 2.19. The maximum atomic E-state index is 12.3. The summed E-state index contributed by atoms with van der Waals surface area (Å²) < 4.78 is 0. The first-order chi connectivity index (χ1) is 12.5. The quantitative estimate of drug-likeness (QED) is 0.799. The Hall–Kier alpha value is -2.24. The largest absolute Gasteiger partial charge is 0.376 e. The van der Waals surface area contributed by atoms with Crippen LogP contribution in [0.2, 0.25) is 10.0 Å². The highest BCUT2D eigenvalue weighted by molar-refractivity contribution is 6.42. The van der Waals surface area contributed by atoms with Crippen LogP contribution < -0.4 is 10.6 Å². The molecule has 0 spiro atoms. The fourth-order valence-corrected chi connectivity index (χ4v) is 3.09. The molecule has 136 valence electrons. The fraction of sp³-hybridized carbons (Fsp3) is 0.263. The van der Waals surface area contributed by atoms with Gasteiger partial charge in [0, 0.05) is 30.0 Å².